The quantitative estimate of drug-likeness (QED) is 0.418. The van der Waals surface area contributed by atoms with Crippen molar-refractivity contribution < 1.29 is 18.1 Å². The number of non-ortho nitro benzene ring substituents is 1. The molecule has 1 unspecified atom stereocenters. The van der Waals surface area contributed by atoms with Crippen LogP contribution in [0.25, 0.3) is 6.08 Å². The highest BCUT2D eigenvalue weighted by molar-refractivity contribution is 7.93. The number of anilines is 1. The van der Waals surface area contributed by atoms with Crippen molar-refractivity contribution in [2.24, 2.45) is 0 Å². The van der Waals surface area contributed by atoms with Gasteiger partial charge in [0.25, 0.3) is 15.7 Å². The van der Waals surface area contributed by atoms with E-state index in [1.165, 1.54) is 28.6 Å². The molecule has 0 fully saturated rings. The fraction of sp³-hybridized carbons (Fsp3) is 0.130. The van der Waals surface area contributed by atoms with Crippen molar-refractivity contribution in [1.82, 2.24) is 0 Å². The third-order valence-electron chi connectivity index (χ3n) is 5.16. The highest BCUT2D eigenvalue weighted by atomic mass is 32.2. The van der Waals surface area contributed by atoms with Crippen LogP contribution in [0, 0.1) is 10.1 Å². The highest BCUT2D eigenvalue weighted by Gasteiger charge is 2.36. The van der Waals surface area contributed by atoms with E-state index in [9.17, 15) is 18.5 Å². The third-order valence-corrected chi connectivity index (χ3v) is 6.94. The van der Waals surface area contributed by atoms with Gasteiger partial charge in [-0.25, -0.2) is 12.7 Å². The molecule has 8 heteroatoms. The Kier molecular flexibility index (Phi) is 5.58. The van der Waals surface area contributed by atoms with Gasteiger partial charge in [0.05, 0.1) is 21.6 Å². The maximum absolute atomic E-state index is 13.7. The Bertz CT molecular complexity index is 1240. The minimum atomic E-state index is -4.03. The number of fused-ring (bicyclic) bond motifs is 1. The molecule has 0 aromatic heterocycles. The van der Waals surface area contributed by atoms with Crippen molar-refractivity contribution in [1.29, 1.82) is 0 Å². The van der Waals surface area contributed by atoms with Crippen LogP contribution in [0.15, 0.2) is 89.5 Å². The van der Waals surface area contributed by atoms with Gasteiger partial charge >= 0.3 is 0 Å². The van der Waals surface area contributed by atoms with Gasteiger partial charge in [0.1, 0.15) is 0 Å². The molecule has 3 aromatic rings. The minimum Gasteiger partial charge on any atom is -0.376 e. The summed E-state index contributed by atoms with van der Waals surface area (Å²) in [6.07, 6.45) is 1.88. The molecule has 0 spiro atoms. The zero-order valence-electron chi connectivity index (χ0n) is 16.7. The van der Waals surface area contributed by atoms with Gasteiger partial charge in [-0.15, -0.1) is 0 Å². The average Bonchev–Trinajstić information content (AvgIpc) is 2.79. The Balaban J connectivity index is 1.89. The molecular weight excluding hydrogens is 416 g/mol. The Morgan fingerprint density at radius 3 is 2.29 bits per heavy atom. The number of hydrogen-bond acceptors (Lipinski definition) is 5. The highest BCUT2D eigenvalue weighted by Crippen LogP contribution is 2.44. The van der Waals surface area contributed by atoms with Crippen LogP contribution >= 0.6 is 0 Å². The lowest BCUT2D eigenvalue weighted by atomic mass is 9.97. The van der Waals surface area contributed by atoms with Gasteiger partial charge in [-0.2, -0.15) is 0 Å². The third kappa shape index (κ3) is 3.95. The van der Waals surface area contributed by atoms with Crippen LogP contribution < -0.4 is 4.31 Å². The molecule has 0 bridgehead atoms. The first kappa shape index (κ1) is 20.8. The van der Waals surface area contributed by atoms with Gasteiger partial charge in [-0.1, -0.05) is 48.5 Å². The number of nitro groups is 1. The number of ether oxygens (including phenoxy) is 1. The molecule has 0 N–H and O–H groups in total. The number of benzene rings is 3. The van der Waals surface area contributed by atoms with Gasteiger partial charge in [-0.05, 0) is 29.8 Å². The smallest absolute Gasteiger partial charge is 0.269 e. The molecule has 1 aliphatic heterocycles. The zero-order valence-corrected chi connectivity index (χ0v) is 17.5. The molecule has 1 heterocycles. The molecule has 1 atom stereocenters. The van der Waals surface area contributed by atoms with Crippen molar-refractivity contribution in [3.8, 4) is 0 Å². The van der Waals surface area contributed by atoms with Crippen molar-refractivity contribution in [2.45, 2.75) is 17.4 Å². The lowest BCUT2D eigenvalue weighted by Gasteiger charge is -2.36. The Morgan fingerprint density at radius 2 is 1.65 bits per heavy atom. The van der Waals surface area contributed by atoms with Gasteiger partial charge in [0.15, 0.2) is 0 Å². The van der Waals surface area contributed by atoms with Gasteiger partial charge < -0.3 is 4.74 Å². The van der Waals surface area contributed by atoms with E-state index in [0.717, 1.165) is 11.1 Å². The molecule has 0 amide bonds. The molecule has 0 aliphatic carbocycles. The van der Waals surface area contributed by atoms with Crippen molar-refractivity contribution in [2.75, 3.05) is 11.4 Å². The van der Waals surface area contributed by atoms with E-state index in [2.05, 4.69) is 0 Å². The Hall–Kier alpha value is -3.49. The summed E-state index contributed by atoms with van der Waals surface area (Å²) < 4.78 is 34.4. The Morgan fingerprint density at radius 1 is 1.00 bits per heavy atom. The van der Waals surface area contributed by atoms with Gasteiger partial charge in [0.2, 0.25) is 0 Å². The summed E-state index contributed by atoms with van der Waals surface area (Å²) in [5.74, 6) is 0. The largest absolute Gasteiger partial charge is 0.376 e. The standard InChI is InChI=1S/C23H20N2O5S/c1-30-23-16-19(15-17-7-3-2-4-8-17)24(22-10-6-5-9-21(22)23)31(28,29)20-13-11-18(12-14-20)25(26)27/h2-15,23H,16H2,1H3/b19-15+. The van der Waals surface area contributed by atoms with E-state index in [1.807, 2.05) is 48.5 Å². The number of methoxy groups -OCH3 is 1. The van der Waals surface area contributed by atoms with Crippen LogP contribution in [0.4, 0.5) is 11.4 Å². The second-order valence-electron chi connectivity index (χ2n) is 7.05. The van der Waals surface area contributed by atoms with Gasteiger partial charge in [0, 0.05) is 36.9 Å². The van der Waals surface area contributed by atoms with Crippen LogP contribution in [0.5, 0.6) is 0 Å². The van der Waals surface area contributed by atoms with Crippen molar-refractivity contribution >= 4 is 27.5 Å². The van der Waals surface area contributed by atoms with Crippen LogP contribution in [0.1, 0.15) is 23.7 Å². The molecule has 0 saturated heterocycles. The number of rotatable bonds is 5. The molecule has 0 saturated carbocycles. The van der Waals surface area contributed by atoms with Crippen LogP contribution in [0.3, 0.4) is 0 Å². The van der Waals surface area contributed by atoms with Crippen molar-refractivity contribution in [3.05, 3.63) is 106 Å². The summed E-state index contributed by atoms with van der Waals surface area (Å²) in [5, 5.41) is 11.0. The molecule has 7 nitrogen and oxygen atoms in total. The number of para-hydroxylation sites is 1. The topological polar surface area (TPSA) is 89.8 Å². The number of sulfonamides is 1. The van der Waals surface area contributed by atoms with Crippen LogP contribution in [0.2, 0.25) is 0 Å². The minimum absolute atomic E-state index is 0.0252. The molecule has 1 aliphatic rings. The number of nitrogens with zero attached hydrogens (tertiary/aromatic N) is 2. The number of hydrogen-bond donors (Lipinski definition) is 0. The normalized spacial score (nSPS) is 17.4. The summed E-state index contributed by atoms with van der Waals surface area (Å²) in [5.41, 5.74) is 2.50. The monoisotopic (exact) mass is 436 g/mol. The average molecular weight is 436 g/mol. The zero-order chi connectivity index (χ0) is 22.0. The fourth-order valence-electron chi connectivity index (χ4n) is 3.68. The fourth-order valence-corrected chi connectivity index (χ4v) is 5.23. The van der Waals surface area contributed by atoms with Crippen LogP contribution in [-0.2, 0) is 14.8 Å². The van der Waals surface area contributed by atoms with Crippen LogP contribution in [-0.4, -0.2) is 20.5 Å². The summed E-state index contributed by atoms with van der Waals surface area (Å²) in [4.78, 5) is 10.4. The van der Waals surface area contributed by atoms with E-state index >= 15 is 0 Å². The second-order valence-corrected chi connectivity index (χ2v) is 8.84. The predicted molar refractivity (Wildman–Crippen MR) is 118 cm³/mol. The second kappa shape index (κ2) is 8.33. The molecule has 31 heavy (non-hydrogen) atoms. The van der Waals surface area contributed by atoms with Crippen molar-refractivity contribution in [3.63, 3.8) is 0 Å². The lowest BCUT2D eigenvalue weighted by Crippen LogP contribution is -2.35. The molecule has 3 aromatic carbocycles. The molecule has 158 valence electrons. The van der Waals surface area contributed by atoms with E-state index in [4.69, 9.17) is 4.74 Å². The SMILES string of the molecule is COC1C/C(=C\c2ccccc2)N(S(=O)(=O)c2ccc([N+](=O)[O-])cc2)c2ccccc21. The molecule has 4 rings (SSSR count). The van der Waals surface area contributed by atoms with E-state index < -0.39 is 14.9 Å². The maximum Gasteiger partial charge on any atom is 0.269 e. The van der Waals surface area contributed by atoms with E-state index in [-0.39, 0.29) is 16.7 Å². The van der Waals surface area contributed by atoms with E-state index in [1.54, 1.807) is 19.2 Å². The van der Waals surface area contributed by atoms with Gasteiger partial charge in [-0.3, -0.25) is 10.1 Å². The first-order valence-corrected chi connectivity index (χ1v) is 11.0. The maximum atomic E-state index is 13.7. The summed E-state index contributed by atoms with van der Waals surface area (Å²) in [7, 11) is -2.43. The summed E-state index contributed by atoms with van der Waals surface area (Å²) in [6, 6.07) is 21.6. The Labute approximate surface area is 180 Å². The van der Waals surface area contributed by atoms with E-state index in [0.29, 0.717) is 17.8 Å². The first-order valence-electron chi connectivity index (χ1n) is 9.59. The molecular formula is C23H20N2O5S. The summed E-state index contributed by atoms with van der Waals surface area (Å²) in [6.45, 7) is 0. The predicted octanol–water partition coefficient (Wildman–Crippen LogP) is 4.92. The molecule has 0 radical (unpaired) electrons. The number of nitro benzene ring substituents is 1. The lowest BCUT2D eigenvalue weighted by molar-refractivity contribution is -0.384. The summed E-state index contributed by atoms with van der Waals surface area (Å²) >= 11 is 0. The first-order chi connectivity index (χ1) is 14.9.